The first-order chi connectivity index (χ1) is 14.6. The van der Waals surface area contributed by atoms with Gasteiger partial charge in [-0.2, -0.15) is 0 Å². The van der Waals surface area contributed by atoms with Crippen molar-refractivity contribution in [3.63, 3.8) is 0 Å². The van der Waals surface area contributed by atoms with Crippen molar-refractivity contribution in [2.75, 3.05) is 6.54 Å². The highest BCUT2D eigenvalue weighted by Gasteiger charge is 2.31. The van der Waals surface area contributed by atoms with Crippen molar-refractivity contribution in [2.45, 2.75) is 50.6 Å². The van der Waals surface area contributed by atoms with E-state index >= 15 is 0 Å². The molecular weight excluding hydrogens is 396 g/mol. The number of benzene rings is 1. The van der Waals surface area contributed by atoms with Crippen molar-refractivity contribution in [3.05, 3.63) is 35.9 Å². The quantitative estimate of drug-likeness (QED) is 0.342. The van der Waals surface area contributed by atoms with Gasteiger partial charge in [-0.15, -0.1) is 0 Å². The second kappa shape index (κ2) is 11.0. The third kappa shape index (κ3) is 7.45. The van der Waals surface area contributed by atoms with Crippen LogP contribution >= 0.6 is 0 Å². The van der Waals surface area contributed by atoms with E-state index in [9.17, 15) is 19.2 Å². The number of carbonyl (C=O) groups is 4. The molecule has 1 aromatic carbocycles. The number of alkyl carbamates (subject to hydrolysis) is 1. The number of hydrogen-bond donors (Lipinski definition) is 3. The van der Waals surface area contributed by atoms with Crippen LogP contribution in [0.2, 0.25) is 0 Å². The van der Waals surface area contributed by atoms with E-state index in [0.717, 1.165) is 5.56 Å². The average Bonchev–Trinajstić information content (AvgIpc) is 3.11. The summed E-state index contributed by atoms with van der Waals surface area (Å²) in [5.74, 6) is -0.763. The fourth-order valence-electron chi connectivity index (χ4n) is 3.61. The van der Waals surface area contributed by atoms with Gasteiger partial charge < -0.3 is 25.5 Å². The van der Waals surface area contributed by atoms with Gasteiger partial charge in [0.15, 0.2) is 15.7 Å². The SMILES string of the molecule is BC(B)(OC(=O)N[C@@H](CC(C)C)C(=O)N[C@H](C=O)C[C@@H]1CCNC1=O)c1ccccc1. The molecule has 0 aliphatic carbocycles. The van der Waals surface area contributed by atoms with E-state index in [2.05, 4.69) is 16.0 Å². The minimum Gasteiger partial charge on any atom is -0.457 e. The van der Waals surface area contributed by atoms with Crippen LogP contribution in [0.15, 0.2) is 30.3 Å². The number of ether oxygens (including phenoxy) is 1. The van der Waals surface area contributed by atoms with Crippen LogP contribution in [0.5, 0.6) is 0 Å². The minimum atomic E-state index is -0.884. The lowest BCUT2D eigenvalue weighted by Gasteiger charge is -2.28. The molecule has 8 nitrogen and oxygen atoms in total. The molecule has 1 fully saturated rings. The van der Waals surface area contributed by atoms with Crippen LogP contribution in [0.4, 0.5) is 4.79 Å². The summed E-state index contributed by atoms with van der Waals surface area (Å²) in [4.78, 5) is 48.7. The Hall–Kier alpha value is -2.77. The maximum Gasteiger partial charge on any atom is 0.407 e. The number of hydrogen-bond acceptors (Lipinski definition) is 5. The summed E-state index contributed by atoms with van der Waals surface area (Å²) in [5.41, 5.74) is 0.825. The number of rotatable bonds is 10. The van der Waals surface area contributed by atoms with Gasteiger partial charge in [0.1, 0.15) is 12.3 Å². The Morgan fingerprint density at radius 2 is 1.94 bits per heavy atom. The van der Waals surface area contributed by atoms with Crippen molar-refractivity contribution in [3.8, 4) is 0 Å². The molecule has 166 valence electrons. The van der Waals surface area contributed by atoms with Crippen LogP contribution in [0, 0.1) is 11.8 Å². The lowest BCUT2D eigenvalue weighted by atomic mass is 9.61. The van der Waals surface area contributed by atoms with Crippen molar-refractivity contribution in [1.29, 1.82) is 0 Å². The van der Waals surface area contributed by atoms with E-state index in [1.165, 1.54) is 0 Å². The first kappa shape index (κ1) is 24.5. The lowest BCUT2D eigenvalue weighted by molar-refractivity contribution is -0.127. The lowest BCUT2D eigenvalue weighted by Crippen LogP contribution is -2.52. The maximum absolute atomic E-state index is 12.8. The smallest absolute Gasteiger partial charge is 0.407 e. The molecule has 3 atom stereocenters. The van der Waals surface area contributed by atoms with E-state index in [0.29, 0.717) is 25.7 Å². The molecule has 1 saturated heterocycles. The molecule has 1 aliphatic rings. The normalized spacial score (nSPS) is 18.0. The molecule has 1 aliphatic heterocycles. The van der Waals surface area contributed by atoms with Gasteiger partial charge in [-0.05, 0) is 30.7 Å². The van der Waals surface area contributed by atoms with Gasteiger partial charge in [-0.1, -0.05) is 44.2 Å². The van der Waals surface area contributed by atoms with Crippen LogP contribution in [-0.4, -0.2) is 58.5 Å². The molecule has 0 radical (unpaired) electrons. The largest absolute Gasteiger partial charge is 0.457 e. The predicted molar refractivity (Wildman–Crippen MR) is 122 cm³/mol. The fraction of sp³-hybridized carbons (Fsp3) is 0.524. The Bertz CT molecular complexity index is 788. The Labute approximate surface area is 185 Å². The summed E-state index contributed by atoms with van der Waals surface area (Å²) >= 11 is 0. The minimum absolute atomic E-state index is 0.107. The number of amides is 3. The topological polar surface area (TPSA) is 114 Å². The number of nitrogens with one attached hydrogen (secondary N) is 3. The van der Waals surface area contributed by atoms with Crippen LogP contribution in [0.1, 0.15) is 38.7 Å². The second-order valence-corrected chi connectivity index (χ2v) is 8.86. The van der Waals surface area contributed by atoms with E-state index in [1.54, 1.807) is 15.7 Å². The van der Waals surface area contributed by atoms with E-state index in [-0.39, 0.29) is 24.2 Å². The average molecular weight is 427 g/mol. The molecule has 0 aromatic heterocycles. The molecule has 0 unspecified atom stereocenters. The van der Waals surface area contributed by atoms with Crippen molar-refractivity contribution < 1.29 is 23.9 Å². The third-order valence-electron chi connectivity index (χ3n) is 5.33. The standard InChI is InChI=1S/C21H31B2N3O5/c1-13(2)10-17(19(29)25-16(12-27)11-14-8-9-24-18(14)28)26-20(30)31-21(22,23)15-6-4-3-5-7-15/h3-7,12-14,16-17H,8-11,22-23H2,1-2H3,(H,24,28)(H,25,29)(H,26,30)/t14-,16-,17-/m0/s1. The highest BCUT2D eigenvalue weighted by Crippen LogP contribution is 2.19. The van der Waals surface area contributed by atoms with Gasteiger partial charge >= 0.3 is 6.09 Å². The molecule has 3 N–H and O–H groups in total. The molecular formula is C21H31B2N3O5. The molecule has 1 heterocycles. The summed E-state index contributed by atoms with van der Waals surface area (Å²) in [7, 11) is 3.54. The van der Waals surface area contributed by atoms with E-state index in [1.807, 2.05) is 44.2 Å². The Kier molecular flexibility index (Phi) is 8.71. The van der Waals surface area contributed by atoms with Crippen molar-refractivity contribution >= 4 is 39.9 Å². The maximum atomic E-state index is 12.8. The highest BCUT2D eigenvalue weighted by atomic mass is 16.6. The molecule has 0 saturated carbocycles. The summed E-state index contributed by atoms with van der Waals surface area (Å²) in [5, 5.41) is 7.14. The molecule has 2 rings (SSSR count). The molecule has 31 heavy (non-hydrogen) atoms. The van der Waals surface area contributed by atoms with Crippen LogP contribution in [0.25, 0.3) is 0 Å². The summed E-state index contributed by atoms with van der Waals surface area (Å²) < 4.78 is 5.59. The zero-order valence-corrected chi connectivity index (χ0v) is 18.6. The predicted octanol–water partition coefficient (Wildman–Crippen LogP) is -0.586. The van der Waals surface area contributed by atoms with E-state index < -0.39 is 29.5 Å². The van der Waals surface area contributed by atoms with Gasteiger partial charge in [-0.3, -0.25) is 9.59 Å². The summed E-state index contributed by atoms with van der Waals surface area (Å²) in [6.07, 6.45) is 1.16. The molecule has 1 aromatic rings. The van der Waals surface area contributed by atoms with Crippen LogP contribution in [0.3, 0.4) is 0 Å². The first-order valence-corrected chi connectivity index (χ1v) is 10.7. The van der Waals surface area contributed by atoms with Crippen LogP contribution in [-0.2, 0) is 24.5 Å². The molecule has 0 bridgehead atoms. The van der Waals surface area contributed by atoms with Gasteiger partial charge in [0.2, 0.25) is 11.8 Å². The van der Waals surface area contributed by atoms with Crippen LogP contribution < -0.4 is 16.0 Å². The Balaban J connectivity index is 2.00. The summed E-state index contributed by atoms with van der Waals surface area (Å²) in [6, 6.07) is 7.66. The molecule has 3 amide bonds. The first-order valence-electron chi connectivity index (χ1n) is 10.7. The van der Waals surface area contributed by atoms with Gasteiger partial charge in [0, 0.05) is 12.5 Å². The molecule has 10 heteroatoms. The van der Waals surface area contributed by atoms with E-state index in [4.69, 9.17) is 4.74 Å². The fourth-order valence-corrected chi connectivity index (χ4v) is 3.61. The van der Waals surface area contributed by atoms with Crippen molar-refractivity contribution in [2.24, 2.45) is 11.8 Å². The Morgan fingerprint density at radius 3 is 2.48 bits per heavy atom. The third-order valence-corrected chi connectivity index (χ3v) is 5.33. The highest BCUT2D eigenvalue weighted by molar-refractivity contribution is 6.39. The number of carbonyl (C=O) groups excluding carboxylic acids is 4. The zero-order valence-electron chi connectivity index (χ0n) is 18.6. The van der Waals surface area contributed by atoms with Crippen molar-refractivity contribution in [1.82, 2.24) is 16.0 Å². The monoisotopic (exact) mass is 427 g/mol. The van der Waals surface area contributed by atoms with Gasteiger partial charge in [0.05, 0.1) is 11.4 Å². The summed E-state index contributed by atoms with van der Waals surface area (Å²) in [6.45, 7) is 4.44. The van der Waals surface area contributed by atoms with Gasteiger partial charge in [-0.25, -0.2) is 4.79 Å². The van der Waals surface area contributed by atoms with Gasteiger partial charge in [0.25, 0.3) is 0 Å². The second-order valence-electron chi connectivity index (χ2n) is 8.86. The molecule has 0 spiro atoms. The Morgan fingerprint density at radius 1 is 1.26 bits per heavy atom. The zero-order chi connectivity index (χ0) is 23.0. The number of aldehydes is 1.